The molecule has 2 amide bonds. The molecule has 5 atom stereocenters. The second-order valence-corrected chi connectivity index (χ2v) is 7.36. The number of hydrogen-bond acceptors (Lipinski definition) is 12. The fraction of sp³-hybridized carbons (Fsp3) is 0.550. The van der Waals surface area contributed by atoms with Gasteiger partial charge in [-0.2, -0.15) is 4.98 Å². The van der Waals surface area contributed by atoms with Crippen LogP contribution in [0.4, 0.5) is 10.6 Å². The third-order valence-corrected chi connectivity index (χ3v) is 4.60. The molecular weight excluding hydrogens is 472 g/mol. The van der Waals surface area contributed by atoms with Crippen molar-refractivity contribution in [2.75, 3.05) is 19.0 Å². The Kier molecular flexibility index (Phi) is 9.27. The minimum Gasteiger partial charge on any atom is -0.463 e. The largest absolute Gasteiger partial charge is 0.463 e. The van der Waals surface area contributed by atoms with E-state index >= 15 is 0 Å². The molecule has 1 aliphatic rings. The van der Waals surface area contributed by atoms with Crippen molar-refractivity contribution in [3.8, 4) is 0 Å². The van der Waals surface area contributed by atoms with Crippen LogP contribution >= 0.6 is 0 Å². The number of amides is 2. The van der Waals surface area contributed by atoms with Gasteiger partial charge in [-0.05, 0) is 6.07 Å². The van der Waals surface area contributed by atoms with Gasteiger partial charge in [0.1, 0.15) is 24.6 Å². The number of anilines is 1. The normalized spacial score (nSPS) is 23.4. The third kappa shape index (κ3) is 7.49. The van der Waals surface area contributed by atoms with Gasteiger partial charge in [-0.15, -0.1) is 0 Å². The summed E-state index contributed by atoms with van der Waals surface area (Å²) in [5.41, 5.74) is -0.906. The minimum atomic E-state index is -1.41. The molecule has 15 heteroatoms. The molecule has 2 heterocycles. The molecule has 2 N–H and O–H groups in total. The number of aromatic nitrogens is 2. The molecule has 1 saturated heterocycles. The van der Waals surface area contributed by atoms with Crippen LogP contribution in [0.25, 0.3) is 0 Å². The number of carbonyl (C=O) groups excluding carboxylic acids is 5. The fourth-order valence-electron chi connectivity index (χ4n) is 3.36. The van der Waals surface area contributed by atoms with E-state index in [0.29, 0.717) is 0 Å². The van der Waals surface area contributed by atoms with Crippen LogP contribution in [-0.2, 0) is 42.9 Å². The number of carbonyl (C=O) groups is 5. The summed E-state index contributed by atoms with van der Waals surface area (Å²) in [5.74, 6) is -2.77. The molecule has 0 aliphatic carbocycles. The number of esters is 3. The third-order valence-electron chi connectivity index (χ3n) is 4.60. The molecule has 1 fully saturated rings. The standard InChI is InChI=1S/C20H26N4O11/c1-9(25)21-14-6-7-24(19(29)22-14)18-15(23-20(30)31-5)17(34-12(4)28)16(33-11(3)27)13(35-18)8-32-10(2)26/h6-7,13,15-18H,8H2,1-5H3,(H,23,30)(H,21,22,25,29)/t13-,15-,16+,17-,18+/m0/s1. The van der Waals surface area contributed by atoms with Crippen LogP contribution in [0.1, 0.15) is 33.9 Å². The number of hydrogen-bond donors (Lipinski definition) is 2. The molecule has 0 spiro atoms. The molecule has 1 aromatic rings. The van der Waals surface area contributed by atoms with Gasteiger partial charge < -0.3 is 34.3 Å². The highest BCUT2D eigenvalue weighted by Crippen LogP contribution is 2.32. The molecule has 0 saturated carbocycles. The smallest absolute Gasteiger partial charge is 0.407 e. The summed E-state index contributed by atoms with van der Waals surface area (Å²) in [6.45, 7) is 4.10. The quantitative estimate of drug-likeness (QED) is 0.354. The number of nitrogens with zero attached hydrogens (tertiary/aromatic N) is 2. The molecule has 15 nitrogen and oxygen atoms in total. The number of methoxy groups -OCH3 is 1. The van der Waals surface area contributed by atoms with Crippen molar-refractivity contribution in [3.63, 3.8) is 0 Å². The minimum absolute atomic E-state index is 0.0437. The van der Waals surface area contributed by atoms with E-state index in [4.69, 9.17) is 18.9 Å². The first-order valence-electron chi connectivity index (χ1n) is 10.3. The Balaban J connectivity index is 2.61. The summed E-state index contributed by atoms with van der Waals surface area (Å²) in [5, 5.41) is 4.77. The first kappa shape index (κ1) is 27.2. The highest BCUT2D eigenvalue weighted by atomic mass is 16.6. The second-order valence-electron chi connectivity index (χ2n) is 7.36. The van der Waals surface area contributed by atoms with Gasteiger partial charge in [0.05, 0.1) is 7.11 Å². The van der Waals surface area contributed by atoms with E-state index in [2.05, 4.69) is 20.4 Å². The molecule has 1 aliphatic heterocycles. The summed E-state index contributed by atoms with van der Waals surface area (Å²) in [7, 11) is 1.08. The maximum atomic E-state index is 12.8. The topological polar surface area (TPSA) is 190 Å². The zero-order valence-corrected chi connectivity index (χ0v) is 19.6. The highest BCUT2D eigenvalue weighted by Gasteiger charge is 2.52. The van der Waals surface area contributed by atoms with Crippen LogP contribution in [0, 0.1) is 0 Å². The van der Waals surface area contributed by atoms with Gasteiger partial charge in [0, 0.05) is 33.9 Å². The Morgan fingerprint density at radius 2 is 1.66 bits per heavy atom. The van der Waals surface area contributed by atoms with Crippen molar-refractivity contribution in [2.45, 2.75) is 58.3 Å². The van der Waals surface area contributed by atoms with Gasteiger partial charge >= 0.3 is 29.7 Å². The molecule has 0 unspecified atom stereocenters. The van der Waals surface area contributed by atoms with Crippen LogP contribution in [-0.4, -0.2) is 77.5 Å². The van der Waals surface area contributed by atoms with Gasteiger partial charge in [0.2, 0.25) is 5.91 Å². The summed E-state index contributed by atoms with van der Waals surface area (Å²) in [6.07, 6.45) is -5.14. The second kappa shape index (κ2) is 11.9. The molecule has 0 bridgehead atoms. The molecule has 0 aromatic carbocycles. The predicted molar refractivity (Wildman–Crippen MR) is 114 cm³/mol. The summed E-state index contributed by atoms with van der Waals surface area (Å²) < 4.78 is 27.2. The maximum absolute atomic E-state index is 12.8. The van der Waals surface area contributed by atoms with Gasteiger partial charge in [-0.3, -0.25) is 23.7 Å². The molecule has 0 radical (unpaired) electrons. The Labute approximate surface area is 199 Å². The zero-order chi connectivity index (χ0) is 26.3. The van der Waals surface area contributed by atoms with Gasteiger partial charge in [-0.25, -0.2) is 9.59 Å². The van der Waals surface area contributed by atoms with Crippen LogP contribution in [0.5, 0.6) is 0 Å². The number of rotatable bonds is 7. The van der Waals surface area contributed by atoms with Gasteiger partial charge in [-0.1, -0.05) is 0 Å². The number of ether oxygens (including phenoxy) is 5. The van der Waals surface area contributed by atoms with Gasteiger partial charge in [0.25, 0.3) is 0 Å². The van der Waals surface area contributed by atoms with Crippen molar-refractivity contribution < 1.29 is 47.7 Å². The maximum Gasteiger partial charge on any atom is 0.407 e. The lowest BCUT2D eigenvalue weighted by molar-refractivity contribution is -0.237. The van der Waals surface area contributed by atoms with E-state index in [1.54, 1.807) is 0 Å². The van der Waals surface area contributed by atoms with Crippen molar-refractivity contribution in [1.29, 1.82) is 0 Å². The lowest BCUT2D eigenvalue weighted by Gasteiger charge is -2.45. The Hall–Kier alpha value is -4.01. The first-order chi connectivity index (χ1) is 16.4. The van der Waals surface area contributed by atoms with E-state index in [-0.39, 0.29) is 5.82 Å². The van der Waals surface area contributed by atoms with E-state index in [0.717, 1.165) is 32.4 Å². The lowest BCUT2D eigenvalue weighted by Crippen LogP contribution is -2.65. The molecule has 35 heavy (non-hydrogen) atoms. The molecule has 1 aromatic heterocycles. The van der Waals surface area contributed by atoms with Crippen molar-refractivity contribution in [2.24, 2.45) is 0 Å². The highest BCUT2D eigenvalue weighted by molar-refractivity contribution is 5.87. The SMILES string of the molecule is COC(=O)N[C@H]1[C@H](OC(C)=O)[C@H](OC(C)=O)[C@H](COC(C)=O)O[C@H]1n1ccc(NC(C)=O)nc1=O. The van der Waals surface area contributed by atoms with Crippen LogP contribution in [0.3, 0.4) is 0 Å². The van der Waals surface area contributed by atoms with Crippen LogP contribution in [0.2, 0.25) is 0 Å². The van der Waals surface area contributed by atoms with Crippen LogP contribution < -0.4 is 16.3 Å². The Morgan fingerprint density at radius 1 is 1.03 bits per heavy atom. The lowest BCUT2D eigenvalue weighted by atomic mass is 9.95. The Bertz CT molecular complexity index is 1040. The van der Waals surface area contributed by atoms with E-state index in [1.807, 2.05) is 0 Å². The summed E-state index contributed by atoms with van der Waals surface area (Å²) in [4.78, 5) is 75.1. The van der Waals surface area contributed by atoms with E-state index in [9.17, 15) is 28.8 Å². The van der Waals surface area contributed by atoms with E-state index in [1.165, 1.54) is 19.2 Å². The monoisotopic (exact) mass is 498 g/mol. The number of nitrogens with one attached hydrogen (secondary N) is 2. The summed E-state index contributed by atoms with van der Waals surface area (Å²) in [6, 6.07) is -0.0445. The number of alkyl carbamates (subject to hydrolysis) is 1. The fourth-order valence-corrected chi connectivity index (χ4v) is 3.36. The average Bonchev–Trinajstić information content (AvgIpc) is 2.74. The molecule has 2 rings (SSSR count). The summed E-state index contributed by atoms with van der Waals surface area (Å²) >= 11 is 0. The van der Waals surface area contributed by atoms with Crippen molar-refractivity contribution in [3.05, 3.63) is 22.7 Å². The van der Waals surface area contributed by atoms with Crippen molar-refractivity contribution >= 4 is 35.7 Å². The molecular formula is C20H26N4O11. The average molecular weight is 498 g/mol. The van der Waals surface area contributed by atoms with Crippen LogP contribution in [0.15, 0.2) is 17.1 Å². The van der Waals surface area contributed by atoms with Crippen molar-refractivity contribution in [1.82, 2.24) is 14.9 Å². The zero-order valence-electron chi connectivity index (χ0n) is 19.6. The predicted octanol–water partition coefficient (Wildman–Crippen LogP) is -0.750. The Morgan fingerprint density at radius 3 is 2.17 bits per heavy atom. The molecule has 192 valence electrons. The first-order valence-corrected chi connectivity index (χ1v) is 10.3. The van der Waals surface area contributed by atoms with Gasteiger partial charge in [0.15, 0.2) is 18.4 Å². The van der Waals surface area contributed by atoms with E-state index < -0.39 is 72.8 Å².